The maximum atomic E-state index is 13.0. The van der Waals surface area contributed by atoms with Gasteiger partial charge in [0.1, 0.15) is 5.82 Å². The summed E-state index contributed by atoms with van der Waals surface area (Å²) >= 11 is 13.0. The van der Waals surface area contributed by atoms with Crippen LogP contribution >= 0.6 is 35.0 Å². The molecule has 98 valence electrons. The van der Waals surface area contributed by atoms with Crippen LogP contribution < -0.4 is 0 Å². The summed E-state index contributed by atoms with van der Waals surface area (Å²) in [6, 6.07) is 10.8. The zero-order valence-electron chi connectivity index (χ0n) is 9.70. The van der Waals surface area contributed by atoms with Crippen molar-refractivity contribution < 1.29 is 9.18 Å². The number of carbonyl (C=O) groups excluding carboxylic acids is 1. The molecule has 0 unspecified atom stereocenters. The molecular weight excluding hydrogens is 306 g/mol. The van der Waals surface area contributed by atoms with Crippen molar-refractivity contribution in [2.75, 3.05) is 5.75 Å². The van der Waals surface area contributed by atoms with Gasteiger partial charge >= 0.3 is 0 Å². The lowest BCUT2D eigenvalue weighted by Gasteiger charge is -2.03. The van der Waals surface area contributed by atoms with E-state index in [0.29, 0.717) is 15.6 Å². The Bertz CT molecular complexity index is 616. The molecule has 0 spiro atoms. The van der Waals surface area contributed by atoms with E-state index in [-0.39, 0.29) is 11.5 Å². The first-order valence-electron chi connectivity index (χ1n) is 5.43. The third kappa shape index (κ3) is 3.96. The van der Waals surface area contributed by atoms with E-state index in [1.165, 1.54) is 30.0 Å². The van der Waals surface area contributed by atoms with E-state index in [2.05, 4.69) is 0 Å². The van der Waals surface area contributed by atoms with Crippen molar-refractivity contribution in [1.29, 1.82) is 0 Å². The highest BCUT2D eigenvalue weighted by Gasteiger charge is 2.08. The largest absolute Gasteiger partial charge is 0.293 e. The molecule has 0 radical (unpaired) electrons. The fourth-order valence-electron chi connectivity index (χ4n) is 1.46. The standard InChI is InChI=1S/C14H9Cl2FOS/c15-12-5-4-11(7-13(12)16)19-8-14(18)9-2-1-3-10(17)6-9/h1-7H,8H2. The molecule has 5 heteroatoms. The van der Waals surface area contributed by atoms with Crippen LogP contribution in [0.5, 0.6) is 0 Å². The Labute approximate surface area is 124 Å². The van der Waals surface area contributed by atoms with Gasteiger partial charge in [-0.05, 0) is 30.3 Å². The molecule has 0 aliphatic heterocycles. The summed E-state index contributed by atoms with van der Waals surface area (Å²) in [6.07, 6.45) is 0. The highest BCUT2D eigenvalue weighted by molar-refractivity contribution is 8.00. The summed E-state index contributed by atoms with van der Waals surface area (Å²) in [7, 11) is 0. The Morgan fingerprint density at radius 2 is 1.89 bits per heavy atom. The molecule has 19 heavy (non-hydrogen) atoms. The van der Waals surface area contributed by atoms with E-state index >= 15 is 0 Å². The van der Waals surface area contributed by atoms with Crippen molar-refractivity contribution in [2.24, 2.45) is 0 Å². The van der Waals surface area contributed by atoms with Gasteiger partial charge in [0.2, 0.25) is 0 Å². The van der Waals surface area contributed by atoms with Crippen molar-refractivity contribution >= 4 is 40.7 Å². The van der Waals surface area contributed by atoms with Gasteiger partial charge in [-0.1, -0.05) is 35.3 Å². The Balaban J connectivity index is 2.02. The van der Waals surface area contributed by atoms with Crippen molar-refractivity contribution in [3.05, 3.63) is 63.9 Å². The molecule has 0 atom stereocenters. The van der Waals surface area contributed by atoms with Gasteiger partial charge in [-0.3, -0.25) is 4.79 Å². The lowest BCUT2D eigenvalue weighted by atomic mass is 10.1. The number of Topliss-reactive ketones (excluding diaryl/α,β-unsaturated/α-hetero) is 1. The molecule has 0 aromatic heterocycles. The average molecular weight is 315 g/mol. The van der Waals surface area contributed by atoms with Crippen LogP contribution in [0.2, 0.25) is 10.0 Å². The first-order valence-corrected chi connectivity index (χ1v) is 7.17. The molecule has 0 saturated heterocycles. The highest BCUT2D eigenvalue weighted by Crippen LogP contribution is 2.28. The Kier molecular flexibility index (Phi) is 4.86. The fourth-order valence-corrected chi connectivity index (χ4v) is 2.65. The monoisotopic (exact) mass is 314 g/mol. The average Bonchev–Trinajstić information content (AvgIpc) is 2.40. The molecule has 0 fully saturated rings. The molecule has 2 aromatic rings. The van der Waals surface area contributed by atoms with Crippen LogP contribution in [0.15, 0.2) is 47.4 Å². The van der Waals surface area contributed by atoms with Crippen molar-refractivity contribution in [2.45, 2.75) is 4.90 Å². The molecule has 0 amide bonds. The maximum Gasteiger partial charge on any atom is 0.173 e. The van der Waals surface area contributed by atoms with Crippen molar-refractivity contribution in [1.82, 2.24) is 0 Å². The van der Waals surface area contributed by atoms with Crippen LogP contribution in [0.1, 0.15) is 10.4 Å². The van der Waals surface area contributed by atoms with E-state index in [0.717, 1.165) is 4.90 Å². The fraction of sp³-hybridized carbons (Fsp3) is 0.0714. The first-order chi connectivity index (χ1) is 9.06. The van der Waals surface area contributed by atoms with Gasteiger partial charge in [-0.25, -0.2) is 4.39 Å². The van der Waals surface area contributed by atoms with Gasteiger partial charge in [0, 0.05) is 10.5 Å². The minimum Gasteiger partial charge on any atom is -0.293 e. The van der Waals surface area contributed by atoms with Crippen LogP contribution in [0.4, 0.5) is 4.39 Å². The number of rotatable bonds is 4. The molecule has 0 N–H and O–H groups in total. The lowest BCUT2D eigenvalue weighted by Crippen LogP contribution is -2.02. The Hall–Kier alpha value is -1.03. The summed E-state index contributed by atoms with van der Waals surface area (Å²) < 4.78 is 13.0. The van der Waals surface area contributed by atoms with Gasteiger partial charge in [-0.15, -0.1) is 11.8 Å². The second kappa shape index (κ2) is 6.42. The number of hydrogen-bond acceptors (Lipinski definition) is 2. The molecule has 0 heterocycles. The zero-order chi connectivity index (χ0) is 13.8. The molecule has 0 bridgehead atoms. The van der Waals surface area contributed by atoms with E-state index in [1.54, 1.807) is 24.3 Å². The molecule has 0 aliphatic rings. The number of thioether (sulfide) groups is 1. The van der Waals surface area contributed by atoms with Crippen LogP contribution in [-0.4, -0.2) is 11.5 Å². The maximum absolute atomic E-state index is 13.0. The van der Waals surface area contributed by atoms with Crippen LogP contribution in [-0.2, 0) is 0 Å². The SMILES string of the molecule is O=C(CSc1ccc(Cl)c(Cl)c1)c1cccc(F)c1. The predicted octanol–water partition coefficient (Wildman–Crippen LogP) is 5.11. The smallest absolute Gasteiger partial charge is 0.173 e. The van der Waals surface area contributed by atoms with Gasteiger partial charge < -0.3 is 0 Å². The molecule has 0 saturated carbocycles. The summed E-state index contributed by atoms with van der Waals surface area (Å²) in [5.74, 6) is -0.317. The predicted molar refractivity (Wildman–Crippen MR) is 77.9 cm³/mol. The number of hydrogen-bond donors (Lipinski definition) is 0. The quantitative estimate of drug-likeness (QED) is 0.576. The van der Waals surface area contributed by atoms with Gasteiger partial charge in [0.15, 0.2) is 5.78 Å². The minimum absolute atomic E-state index is 0.129. The third-order valence-electron chi connectivity index (χ3n) is 2.41. The Morgan fingerprint density at radius 3 is 2.58 bits per heavy atom. The normalized spacial score (nSPS) is 10.5. The second-order valence-electron chi connectivity index (χ2n) is 3.80. The first kappa shape index (κ1) is 14.4. The molecule has 2 aromatic carbocycles. The second-order valence-corrected chi connectivity index (χ2v) is 5.66. The topological polar surface area (TPSA) is 17.1 Å². The summed E-state index contributed by atoms with van der Waals surface area (Å²) in [4.78, 5) is 12.7. The van der Waals surface area contributed by atoms with Crippen molar-refractivity contribution in [3.8, 4) is 0 Å². The lowest BCUT2D eigenvalue weighted by molar-refractivity contribution is 0.102. The third-order valence-corrected chi connectivity index (χ3v) is 4.14. The Morgan fingerprint density at radius 1 is 1.11 bits per heavy atom. The molecule has 2 rings (SSSR count). The van der Waals surface area contributed by atoms with Crippen LogP contribution in [0, 0.1) is 5.82 Å². The van der Waals surface area contributed by atoms with Gasteiger partial charge in [0.25, 0.3) is 0 Å². The van der Waals surface area contributed by atoms with E-state index in [4.69, 9.17) is 23.2 Å². The minimum atomic E-state index is -0.412. The number of benzene rings is 2. The van der Waals surface area contributed by atoms with E-state index in [9.17, 15) is 9.18 Å². The summed E-state index contributed by atoms with van der Waals surface area (Å²) in [5, 5.41) is 0.923. The molecular formula is C14H9Cl2FOS. The summed E-state index contributed by atoms with van der Waals surface area (Å²) in [6.45, 7) is 0. The van der Waals surface area contributed by atoms with Crippen LogP contribution in [0.3, 0.4) is 0 Å². The van der Waals surface area contributed by atoms with Gasteiger partial charge in [0.05, 0.1) is 15.8 Å². The van der Waals surface area contributed by atoms with Gasteiger partial charge in [-0.2, -0.15) is 0 Å². The van der Waals surface area contributed by atoms with Crippen LogP contribution in [0.25, 0.3) is 0 Å². The molecule has 0 aliphatic carbocycles. The van der Waals surface area contributed by atoms with E-state index < -0.39 is 5.82 Å². The molecule has 1 nitrogen and oxygen atoms in total. The number of ketones is 1. The number of carbonyl (C=O) groups is 1. The highest BCUT2D eigenvalue weighted by atomic mass is 35.5. The zero-order valence-corrected chi connectivity index (χ0v) is 12.0. The van der Waals surface area contributed by atoms with E-state index in [1.807, 2.05) is 0 Å². The summed E-state index contributed by atoms with van der Waals surface area (Å²) in [5.41, 5.74) is 0.368. The van der Waals surface area contributed by atoms with Crippen molar-refractivity contribution in [3.63, 3.8) is 0 Å². The number of halogens is 3.